The predicted octanol–water partition coefficient (Wildman–Crippen LogP) is 2.32. The Balaban J connectivity index is 3.56. The second-order valence-electron chi connectivity index (χ2n) is 2.66. The lowest BCUT2D eigenvalue weighted by molar-refractivity contribution is 0.822. The van der Waals surface area contributed by atoms with Crippen LogP contribution in [-0.2, 0) is 0 Å². The zero-order chi connectivity index (χ0) is 7.98. The maximum atomic E-state index is 3.82. The largest absolute Gasteiger partial charge is 0.386 e. The standard InChI is InChI=1S/C9H17N/c1-5-10-9(4)7-6-8(2)3/h6-8,10H,4-5H2,1-3H3/b7-6+. The lowest BCUT2D eigenvalue weighted by Gasteiger charge is -2.00. The molecule has 0 atom stereocenters. The quantitative estimate of drug-likeness (QED) is 0.589. The Kier molecular flexibility index (Phi) is 4.73. The molecule has 1 N–H and O–H groups in total. The molecule has 0 aromatic rings. The fraction of sp³-hybridized carbons (Fsp3) is 0.556. The van der Waals surface area contributed by atoms with Crippen molar-refractivity contribution < 1.29 is 0 Å². The molecule has 0 amide bonds. The summed E-state index contributed by atoms with van der Waals surface area (Å²) in [6, 6.07) is 0. The minimum Gasteiger partial charge on any atom is -0.386 e. The van der Waals surface area contributed by atoms with E-state index in [4.69, 9.17) is 0 Å². The Morgan fingerprint density at radius 1 is 1.60 bits per heavy atom. The summed E-state index contributed by atoms with van der Waals surface area (Å²) in [6.07, 6.45) is 4.15. The van der Waals surface area contributed by atoms with Gasteiger partial charge in [0.2, 0.25) is 0 Å². The van der Waals surface area contributed by atoms with Gasteiger partial charge in [0, 0.05) is 12.2 Å². The fourth-order valence-electron chi connectivity index (χ4n) is 0.595. The van der Waals surface area contributed by atoms with E-state index in [1.807, 2.05) is 6.08 Å². The van der Waals surface area contributed by atoms with E-state index >= 15 is 0 Å². The van der Waals surface area contributed by atoms with Gasteiger partial charge in [-0.25, -0.2) is 0 Å². The van der Waals surface area contributed by atoms with Crippen LogP contribution in [-0.4, -0.2) is 6.54 Å². The Morgan fingerprint density at radius 3 is 2.60 bits per heavy atom. The lowest BCUT2D eigenvalue weighted by Crippen LogP contribution is -2.08. The zero-order valence-corrected chi connectivity index (χ0v) is 7.15. The van der Waals surface area contributed by atoms with Gasteiger partial charge in [0.15, 0.2) is 0 Å². The van der Waals surface area contributed by atoms with Crippen LogP contribution < -0.4 is 5.32 Å². The summed E-state index contributed by atoms with van der Waals surface area (Å²) in [7, 11) is 0. The van der Waals surface area contributed by atoms with Crippen molar-refractivity contribution in [2.75, 3.05) is 6.54 Å². The van der Waals surface area contributed by atoms with Crippen LogP contribution in [0.3, 0.4) is 0 Å². The molecule has 10 heavy (non-hydrogen) atoms. The molecule has 0 fully saturated rings. The Hall–Kier alpha value is -0.720. The summed E-state index contributed by atoms with van der Waals surface area (Å²) in [5.74, 6) is 0.607. The highest BCUT2D eigenvalue weighted by Crippen LogP contribution is 1.96. The molecule has 0 aliphatic rings. The van der Waals surface area contributed by atoms with Crippen LogP contribution in [0.1, 0.15) is 20.8 Å². The van der Waals surface area contributed by atoms with E-state index in [1.54, 1.807) is 0 Å². The molecule has 0 unspecified atom stereocenters. The minimum absolute atomic E-state index is 0.607. The predicted molar refractivity (Wildman–Crippen MR) is 46.8 cm³/mol. The molecule has 0 radical (unpaired) electrons. The Labute approximate surface area is 63.8 Å². The number of likely N-dealkylation sites (N-methyl/N-ethyl adjacent to an activating group) is 1. The van der Waals surface area contributed by atoms with Crippen LogP contribution >= 0.6 is 0 Å². The summed E-state index contributed by atoms with van der Waals surface area (Å²) in [5.41, 5.74) is 0.996. The molecule has 0 spiro atoms. The van der Waals surface area contributed by atoms with Gasteiger partial charge >= 0.3 is 0 Å². The molecule has 0 aliphatic carbocycles. The summed E-state index contributed by atoms with van der Waals surface area (Å²) >= 11 is 0. The van der Waals surface area contributed by atoms with E-state index in [-0.39, 0.29) is 0 Å². The van der Waals surface area contributed by atoms with Crippen molar-refractivity contribution in [3.8, 4) is 0 Å². The van der Waals surface area contributed by atoms with Crippen LogP contribution in [0.15, 0.2) is 24.4 Å². The second-order valence-corrected chi connectivity index (χ2v) is 2.66. The number of rotatable bonds is 4. The molecule has 0 aromatic carbocycles. The molecule has 0 rings (SSSR count). The van der Waals surface area contributed by atoms with Crippen molar-refractivity contribution in [1.82, 2.24) is 5.32 Å². The highest BCUT2D eigenvalue weighted by atomic mass is 14.8. The maximum Gasteiger partial charge on any atom is 0.0263 e. The third-order valence-electron chi connectivity index (χ3n) is 1.09. The van der Waals surface area contributed by atoms with E-state index in [9.17, 15) is 0 Å². The first-order valence-electron chi connectivity index (χ1n) is 3.77. The molecular formula is C9H17N. The number of nitrogens with one attached hydrogen (secondary N) is 1. The van der Waals surface area contributed by atoms with E-state index in [1.165, 1.54) is 0 Å². The molecule has 0 heterocycles. The van der Waals surface area contributed by atoms with Gasteiger partial charge in [-0.05, 0) is 18.9 Å². The van der Waals surface area contributed by atoms with Gasteiger partial charge in [0.25, 0.3) is 0 Å². The normalized spacial score (nSPS) is 10.8. The van der Waals surface area contributed by atoms with E-state index in [2.05, 4.69) is 38.7 Å². The molecule has 0 aromatic heterocycles. The Bertz CT molecular complexity index is 123. The minimum atomic E-state index is 0.607. The van der Waals surface area contributed by atoms with Gasteiger partial charge < -0.3 is 5.32 Å². The first-order chi connectivity index (χ1) is 4.66. The van der Waals surface area contributed by atoms with Gasteiger partial charge in [-0.15, -0.1) is 0 Å². The number of allylic oxidation sites excluding steroid dienone is 2. The SMILES string of the molecule is C=C(/C=C/C(C)C)NCC. The summed E-state index contributed by atoms with van der Waals surface area (Å²) in [6.45, 7) is 11.1. The highest BCUT2D eigenvalue weighted by Gasteiger charge is 1.84. The lowest BCUT2D eigenvalue weighted by atomic mass is 10.2. The van der Waals surface area contributed by atoms with Crippen LogP contribution in [0.5, 0.6) is 0 Å². The van der Waals surface area contributed by atoms with Gasteiger partial charge in [0.05, 0.1) is 0 Å². The van der Waals surface area contributed by atoms with Crippen LogP contribution in [0.4, 0.5) is 0 Å². The van der Waals surface area contributed by atoms with Gasteiger partial charge in [-0.3, -0.25) is 0 Å². The topological polar surface area (TPSA) is 12.0 Å². The van der Waals surface area contributed by atoms with Crippen molar-refractivity contribution in [3.05, 3.63) is 24.4 Å². The zero-order valence-electron chi connectivity index (χ0n) is 7.15. The van der Waals surface area contributed by atoms with Crippen molar-refractivity contribution in [3.63, 3.8) is 0 Å². The molecule has 1 heteroatoms. The van der Waals surface area contributed by atoms with E-state index in [0.29, 0.717) is 5.92 Å². The van der Waals surface area contributed by atoms with Crippen molar-refractivity contribution in [1.29, 1.82) is 0 Å². The van der Waals surface area contributed by atoms with Gasteiger partial charge in [-0.1, -0.05) is 26.5 Å². The van der Waals surface area contributed by atoms with E-state index < -0.39 is 0 Å². The Morgan fingerprint density at radius 2 is 2.20 bits per heavy atom. The first-order valence-corrected chi connectivity index (χ1v) is 3.77. The number of hydrogen-bond donors (Lipinski definition) is 1. The smallest absolute Gasteiger partial charge is 0.0263 e. The van der Waals surface area contributed by atoms with Crippen molar-refractivity contribution in [2.24, 2.45) is 5.92 Å². The third-order valence-corrected chi connectivity index (χ3v) is 1.09. The van der Waals surface area contributed by atoms with Crippen LogP contribution in [0, 0.1) is 5.92 Å². The maximum absolute atomic E-state index is 3.82. The second kappa shape index (κ2) is 5.10. The fourth-order valence-corrected chi connectivity index (χ4v) is 0.595. The van der Waals surface area contributed by atoms with Gasteiger partial charge in [-0.2, -0.15) is 0 Å². The highest BCUT2D eigenvalue weighted by molar-refractivity contribution is 5.12. The van der Waals surface area contributed by atoms with Gasteiger partial charge in [0.1, 0.15) is 0 Å². The molecule has 0 saturated carbocycles. The molecule has 0 bridgehead atoms. The molecule has 58 valence electrons. The summed E-state index contributed by atoms with van der Waals surface area (Å²) in [5, 5.41) is 3.12. The molecule has 1 nitrogen and oxygen atoms in total. The first kappa shape index (κ1) is 9.28. The average molecular weight is 139 g/mol. The molecule has 0 saturated heterocycles. The van der Waals surface area contributed by atoms with E-state index in [0.717, 1.165) is 12.2 Å². The monoisotopic (exact) mass is 139 g/mol. The average Bonchev–Trinajstić information content (AvgIpc) is 1.85. The van der Waals surface area contributed by atoms with Crippen molar-refractivity contribution >= 4 is 0 Å². The van der Waals surface area contributed by atoms with Crippen molar-refractivity contribution in [2.45, 2.75) is 20.8 Å². The summed E-state index contributed by atoms with van der Waals surface area (Å²) in [4.78, 5) is 0. The molecule has 0 aliphatic heterocycles. The van der Waals surface area contributed by atoms with Crippen LogP contribution in [0.25, 0.3) is 0 Å². The molecular weight excluding hydrogens is 122 g/mol. The van der Waals surface area contributed by atoms with Crippen LogP contribution in [0.2, 0.25) is 0 Å². The number of hydrogen-bond acceptors (Lipinski definition) is 1. The third kappa shape index (κ3) is 5.42. The summed E-state index contributed by atoms with van der Waals surface area (Å²) < 4.78 is 0.